The first-order valence-corrected chi connectivity index (χ1v) is 9.38. The first-order valence-electron chi connectivity index (χ1n) is 9.38. The molecule has 7 atom stereocenters. The van der Waals surface area contributed by atoms with Gasteiger partial charge in [-0.25, -0.2) is 0 Å². The molecular weight excluding hydrogens is 360 g/mol. The Kier molecular flexibility index (Phi) is 4.08. The maximum Gasteiger partial charge on any atom is 0.140 e. The van der Waals surface area contributed by atoms with Crippen LogP contribution in [-0.4, -0.2) is 66.3 Å². The van der Waals surface area contributed by atoms with E-state index < -0.39 is 47.0 Å². The van der Waals surface area contributed by atoms with Crippen LogP contribution in [0.3, 0.4) is 0 Å². The molecule has 6 N–H and O–H groups in total. The Labute approximate surface area is 163 Å². The maximum atomic E-state index is 11.7. The fourth-order valence-electron chi connectivity index (χ4n) is 5.97. The summed E-state index contributed by atoms with van der Waals surface area (Å²) in [5.74, 6) is -1.18. The summed E-state index contributed by atoms with van der Waals surface area (Å²) in [4.78, 5) is 0. The normalized spacial score (nSPS) is 42.9. The van der Waals surface area contributed by atoms with Crippen LogP contribution >= 0.6 is 0 Å². The number of aliphatic hydroxyl groups is 6. The summed E-state index contributed by atoms with van der Waals surface area (Å²) >= 11 is 0. The topological polar surface area (TPSA) is 121 Å². The highest BCUT2D eigenvalue weighted by Gasteiger charge is 2.97. The van der Waals surface area contributed by atoms with E-state index in [1.807, 2.05) is 19.1 Å². The van der Waals surface area contributed by atoms with Gasteiger partial charge < -0.3 is 30.6 Å². The quantitative estimate of drug-likeness (QED) is 0.439. The van der Waals surface area contributed by atoms with Crippen LogP contribution in [0.15, 0.2) is 54.6 Å². The number of hydrogen-bond donors (Lipinski definition) is 6. The number of aliphatic hydroxyl groups excluding tert-OH is 3. The van der Waals surface area contributed by atoms with Gasteiger partial charge in [0.05, 0.1) is 24.0 Å². The van der Waals surface area contributed by atoms with E-state index in [-0.39, 0.29) is 0 Å². The zero-order chi connectivity index (χ0) is 20.5. The van der Waals surface area contributed by atoms with Gasteiger partial charge in [-0.2, -0.15) is 0 Å². The second kappa shape index (κ2) is 5.86. The molecule has 0 saturated heterocycles. The standard InChI is InChI=1S/C22H26O6/c1-13-8-6-7-11-15(13)19(2)18(25)21(27)17(14-9-4-3-5-10-14)20(26,16(24)12-23)22(19,21)28/h3-11,16-18,23-28H,12H2,1-2H3/t16-,17?,18?,19?,20+,21+,22+/m1/s1. The molecule has 2 fully saturated rings. The van der Waals surface area contributed by atoms with E-state index in [0.29, 0.717) is 11.1 Å². The number of benzene rings is 2. The average molecular weight is 386 g/mol. The van der Waals surface area contributed by atoms with E-state index in [1.165, 1.54) is 0 Å². The highest BCUT2D eigenvalue weighted by molar-refractivity contribution is 5.60. The highest BCUT2D eigenvalue weighted by atomic mass is 16.5. The van der Waals surface area contributed by atoms with Crippen LogP contribution in [0.1, 0.15) is 29.5 Å². The summed E-state index contributed by atoms with van der Waals surface area (Å²) in [6.45, 7) is 2.56. The molecule has 0 radical (unpaired) electrons. The van der Waals surface area contributed by atoms with Crippen molar-refractivity contribution in [3.63, 3.8) is 0 Å². The first-order chi connectivity index (χ1) is 13.1. The molecule has 2 aromatic carbocycles. The molecule has 4 rings (SSSR count). The van der Waals surface area contributed by atoms with Gasteiger partial charge in [-0.15, -0.1) is 0 Å². The summed E-state index contributed by atoms with van der Waals surface area (Å²) in [6.07, 6.45) is -3.12. The van der Waals surface area contributed by atoms with Gasteiger partial charge in [-0.05, 0) is 30.5 Å². The van der Waals surface area contributed by atoms with Gasteiger partial charge in [0.2, 0.25) is 0 Å². The van der Waals surface area contributed by atoms with Gasteiger partial charge >= 0.3 is 0 Å². The van der Waals surface area contributed by atoms with E-state index in [0.717, 1.165) is 5.56 Å². The van der Waals surface area contributed by atoms with Crippen LogP contribution in [0, 0.1) is 6.92 Å². The van der Waals surface area contributed by atoms with E-state index in [4.69, 9.17) is 0 Å². The molecule has 0 spiro atoms. The minimum absolute atomic E-state index is 0.454. The predicted molar refractivity (Wildman–Crippen MR) is 102 cm³/mol. The van der Waals surface area contributed by atoms with E-state index in [2.05, 4.69) is 0 Å². The zero-order valence-electron chi connectivity index (χ0n) is 15.8. The molecule has 0 bridgehead atoms. The Hall–Kier alpha value is -1.80. The van der Waals surface area contributed by atoms with Crippen molar-refractivity contribution < 1.29 is 30.6 Å². The van der Waals surface area contributed by atoms with Crippen LogP contribution in [0.4, 0.5) is 0 Å². The Bertz CT molecular complexity index is 903. The fraction of sp³-hybridized carbons (Fsp3) is 0.455. The van der Waals surface area contributed by atoms with Gasteiger partial charge in [-0.1, -0.05) is 54.6 Å². The third-order valence-electron chi connectivity index (χ3n) is 7.27. The molecule has 6 heteroatoms. The lowest BCUT2D eigenvalue weighted by Gasteiger charge is -2.84. The van der Waals surface area contributed by atoms with Crippen molar-refractivity contribution >= 4 is 0 Å². The third-order valence-corrected chi connectivity index (χ3v) is 7.27. The molecule has 2 aliphatic carbocycles. The Morgan fingerprint density at radius 2 is 1.54 bits per heavy atom. The Balaban J connectivity index is 1.94. The van der Waals surface area contributed by atoms with E-state index >= 15 is 0 Å². The summed E-state index contributed by atoms with van der Waals surface area (Å²) in [7, 11) is 0. The molecular formula is C22H26O6. The van der Waals surface area contributed by atoms with Gasteiger partial charge in [0.15, 0.2) is 0 Å². The van der Waals surface area contributed by atoms with E-state index in [1.54, 1.807) is 49.4 Å². The molecule has 150 valence electrons. The fourth-order valence-corrected chi connectivity index (χ4v) is 5.97. The molecule has 28 heavy (non-hydrogen) atoms. The molecule has 6 nitrogen and oxygen atoms in total. The lowest BCUT2D eigenvalue weighted by molar-refractivity contribution is -0.482. The predicted octanol–water partition coefficient (Wildman–Crippen LogP) is -0.0289. The number of hydrogen-bond acceptors (Lipinski definition) is 6. The largest absolute Gasteiger partial charge is 0.394 e. The van der Waals surface area contributed by atoms with Crippen LogP contribution in [-0.2, 0) is 5.41 Å². The third kappa shape index (κ3) is 1.75. The number of rotatable bonds is 4. The molecule has 0 heterocycles. The SMILES string of the molecule is Cc1ccccc1C1(C)C(O)[C@@]2(O)C(c3ccccc3)[C@@](O)([C@H](O)CO)[C@@]12O. The van der Waals surface area contributed by atoms with Crippen molar-refractivity contribution in [2.24, 2.45) is 0 Å². The van der Waals surface area contributed by atoms with Crippen molar-refractivity contribution in [2.75, 3.05) is 6.61 Å². The van der Waals surface area contributed by atoms with Gasteiger partial charge in [0.25, 0.3) is 0 Å². The molecule has 0 aromatic heterocycles. The maximum absolute atomic E-state index is 11.7. The van der Waals surface area contributed by atoms with Crippen molar-refractivity contribution in [1.29, 1.82) is 0 Å². The summed E-state index contributed by atoms with van der Waals surface area (Å²) in [5.41, 5.74) is -6.31. The zero-order valence-corrected chi connectivity index (χ0v) is 15.8. The first kappa shape index (κ1) is 19.5. The van der Waals surface area contributed by atoms with Crippen molar-refractivity contribution in [1.82, 2.24) is 0 Å². The van der Waals surface area contributed by atoms with Gasteiger partial charge in [0.1, 0.15) is 22.9 Å². The minimum atomic E-state index is -2.28. The summed E-state index contributed by atoms with van der Waals surface area (Å²) in [6, 6.07) is 15.5. The van der Waals surface area contributed by atoms with Crippen molar-refractivity contribution in [3.05, 3.63) is 71.3 Å². The van der Waals surface area contributed by atoms with Crippen LogP contribution in [0.25, 0.3) is 0 Å². The molecule has 3 unspecified atom stereocenters. The molecule has 2 aliphatic rings. The molecule has 0 amide bonds. The van der Waals surface area contributed by atoms with Crippen LogP contribution in [0.5, 0.6) is 0 Å². The lowest BCUT2D eigenvalue weighted by Crippen LogP contribution is -3.04. The number of aryl methyl sites for hydroxylation is 1. The van der Waals surface area contributed by atoms with E-state index in [9.17, 15) is 30.6 Å². The Morgan fingerprint density at radius 3 is 2.11 bits per heavy atom. The number of fused-ring (bicyclic) bond motifs is 1. The minimum Gasteiger partial charge on any atom is -0.394 e. The summed E-state index contributed by atoms with van der Waals surface area (Å²) in [5, 5.41) is 66.0. The van der Waals surface area contributed by atoms with Gasteiger partial charge in [0, 0.05) is 0 Å². The van der Waals surface area contributed by atoms with Crippen molar-refractivity contribution in [3.8, 4) is 0 Å². The average Bonchev–Trinajstić information content (AvgIpc) is 2.71. The smallest absolute Gasteiger partial charge is 0.140 e. The molecule has 2 saturated carbocycles. The van der Waals surface area contributed by atoms with Crippen molar-refractivity contribution in [2.45, 2.75) is 54.2 Å². The highest BCUT2D eigenvalue weighted by Crippen LogP contribution is 2.77. The molecule has 0 aliphatic heterocycles. The summed E-state index contributed by atoms with van der Waals surface area (Å²) < 4.78 is 0. The monoisotopic (exact) mass is 386 g/mol. The second-order valence-corrected chi connectivity index (χ2v) is 8.32. The van der Waals surface area contributed by atoms with Gasteiger partial charge in [-0.3, -0.25) is 0 Å². The van der Waals surface area contributed by atoms with Crippen LogP contribution < -0.4 is 0 Å². The van der Waals surface area contributed by atoms with Crippen LogP contribution in [0.2, 0.25) is 0 Å². The Morgan fingerprint density at radius 1 is 0.964 bits per heavy atom. The molecule has 2 aromatic rings. The lowest BCUT2D eigenvalue weighted by atomic mass is 9.25. The second-order valence-electron chi connectivity index (χ2n) is 8.32.